The van der Waals surface area contributed by atoms with Crippen LogP contribution in [-0.4, -0.2) is 34.6 Å². The number of hydrogen-bond donors (Lipinski definition) is 2. The first-order valence-electron chi connectivity index (χ1n) is 8.25. The van der Waals surface area contributed by atoms with E-state index in [0.717, 1.165) is 39.7 Å². The average molecular weight is 385 g/mol. The SMILES string of the molecule is O=S(=O)(NC1CCc2c(cnc3[nH]ncc23)C1)c1ccc2ncsc2c1. The minimum absolute atomic E-state index is 0.143. The number of pyridine rings is 1. The molecule has 0 fully saturated rings. The molecule has 1 aliphatic carbocycles. The lowest BCUT2D eigenvalue weighted by molar-refractivity contribution is 0.508. The number of nitrogens with zero attached hydrogens (tertiary/aromatic N) is 3. The maximum Gasteiger partial charge on any atom is 0.240 e. The lowest BCUT2D eigenvalue weighted by Crippen LogP contribution is -2.38. The van der Waals surface area contributed by atoms with Gasteiger partial charge in [-0.2, -0.15) is 5.10 Å². The number of sulfonamides is 1. The van der Waals surface area contributed by atoms with E-state index in [-0.39, 0.29) is 10.9 Å². The summed E-state index contributed by atoms with van der Waals surface area (Å²) in [4.78, 5) is 8.84. The van der Waals surface area contributed by atoms with Crippen LogP contribution in [0.25, 0.3) is 21.3 Å². The van der Waals surface area contributed by atoms with Crippen LogP contribution < -0.4 is 4.72 Å². The molecule has 1 aliphatic rings. The van der Waals surface area contributed by atoms with Crippen LogP contribution in [0, 0.1) is 0 Å². The molecule has 9 heteroatoms. The highest BCUT2D eigenvalue weighted by molar-refractivity contribution is 7.89. The van der Waals surface area contributed by atoms with Crippen LogP contribution in [0.1, 0.15) is 17.5 Å². The predicted molar refractivity (Wildman–Crippen MR) is 99.6 cm³/mol. The van der Waals surface area contributed by atoms with Gasteiger partial charge in [0.1, 0.15) is 0 Å². The Morgan fingerprint density at radius 2 is 2.15 bits per heavy atom. The van der Waals surface area contributed by atoms with E-state index in [4.69, 9.17) is 0 Å². The normalized spacial score (nSPS) is 17.6. The number of rotatable bonds is 3. The molecule has 7 nitrogen and oxygen atoms in total. The monoisotopic (exact) mass is 385 g/mol. The summed E-state index contributed by atoms with van der Waals surface area (Å²) in [5.74, 6) is 0. The maximum absolute atomic E-state index is 12.8. The molecule has 0 saturated carbocycles. The highest BCUT2D eigenvalue weighted by Crippen LogP contribution is 2.28. The molecule has 0 radical (unpaired) electrons. The third-order valence-electron chi connectivity index (χ3n) is 4.83. The van der Waals surface area contributed by atoms with E-state index in [0.29, 0.717) is 6.42 Å². The summed E-state index contributed by atoms with van der Waals surface area (Å²) in [5.41, 5.74) is 5.60. The zero-order valence-electron chi connectivity index (χ0n) is 13.6. The summed E-state index contributed by atoms with van der Waals surface area (Å²) >= 11 is 1.44. The molecule has 26 heavy (non-hydrogen) atoms. The Bertz CT molecular complexity index is 1230. The zero-order valence-corrected chi connectivity index (χ0v) is 15.3. The summed E-state index contributed by atoms with van der Waals surface area (Å²) in [7, 11) is -3.57. The van der Waals surface area contributed by atoms with Gasteiger partial charge in [-0.3, -0.25) is 5.10 Å². The first kappa shape index (κ1) is 15.9. The van der Waals surface area contributed by atoms with Gasteiger partial charge in [-0.25, -0.2) is 23.1 Å². The lowest BCUT2D eigenvalue weighted by Gasteiger charge is -2.25. The third-order valence-corrected chi connectivity index (χ3v) is 7.14. The quantitative estimate of drug-likeness (QED) is 0.564. The van der Waals surface area contributed by atoms with E-state index < -0.39 is 10.0 Å². The molecule has 4 aromatic rings. The Morgan fingerprint density at radius 3 is 3.08 bits per heavy atom. The minimum atomic E-state index is -3.57. The average Bonchev–Trinajstić information content (AvgIpc) is 3.29. The van der Waals surface area contributed by atoms with Crippen LogP contribution in [0.15, 0.2) is 41.0 Å². The van der Waals surface area contributed by atoms with Gasteiger partial charge in [-0.15, -0.1) is 11.3 Å². The molecule has 2 N–H and O–H groups in total. The van der Waals surface area contributed by atoms with Gasteiger partial charge >= 0.3 is 0 Å². The first-order chi connectivity index (χ1) is 12.6. The van der Waals surface area contributed by atoms with Gasteiger partial charge < -0.3 is 0 Å². The van der Waals surface area contributed by atoms with Gasteiger partial charge in [0.15, 0.2) is 5.65 Å². The number of hydrogen-bond acceptors (Lipinski definition) is 6. The molecule has 1 unspecified atom stereocenters. The smallest absolute Gasteiger partial charge is 0.240 e. The second kappa shape index (κ2) is 5.83. The van der Waals surface area contributed by atoms with Crippen molar-refractivity contribution in [2.45, 2.75) is 30.2 Å². The van der Waals surface area contributed by atoms with Crippen molar-refractivity contribution in [2.24, 2.45) is 0 Å². The Labute approximate surface area is 153 Å². The molecule has 1 aromatic carbocycles. The molecule has 0 spiro atoms. The summed E-state index contributed by atoms with van der Waals surface area (Å²) in [6.45, 7) is 0. The van der Waals surface area contributed by atoms with Gasteiger partial charge in [0.2, 0.25) is 10.0 Å². The van der Waals surface area contributed by atoms with E-state index in [9.17, 15) is 8.42 Å². The molecule has 1 atom stereocenters. The topological polar surface area (TPSA) is 101 Å². The highest BCUT2D eigenvalue weighted by Gasteiger charge is 2.26. The van der Waals surface area contributed by atoms with Gasteiger partial charge in [0.05, 0.1) is 26.8 Å². The second-order valence-corrected chi connectivity index (χ2v) is 9.04. The molecule has 5 rings (SSSR count). The number of aromatic amines is 1. The number of benzene rings is 1. The van der Waals surface area contributed by atoms with Gasteiger partial charge in [0, 0.05) is 17.6 Å². The van der Waals surface area contributed by atoms with Crippen molar-refractivity contribution < 1.29 is 8.42 Å². The van der Waals surface area contributed by atoms with Crippen LogP contribution in [0.5, 0.6) is 0 Å². The molecule has 0 aliphatic heterocycles. The van der Waals surface area contributed by atoms with Crippen molar-refractivity contribution in [3.8, 4) is 0 Å². The van der Waals surface area contributed by atoms with E-state index in [1.807, 2.05) is 6.20 Å². The molecule has 132 valence electrons. The van der Waals surface area contributed by atoms with Crippen LogP contribution >= 0.6 is 11.3 Å². The third kappa shape index (κ3) is 2.59. The molecule has 3 heterocycles. The number of fused-ring (bicyclic) bond motifs is 4. The Morgan fingerprint density at radius 1 is 1.23 bits per heavy atom. The van der Waals surface area contributed by atoms with Crippen LogP contribution in [0.4, 0.5) is 0 Å². The van der Waals surface area contributed by atoms with Crippen molar-refractivity contribution in [3.05, 3.63) is 47.2 Å². The summed E-state index contributed by atoms with van der Waals surface area (Å²) < 4.78 is 29.3. The maximum atomic E-state index is 12.8. The zero-order chi connectivity index (χ0) is 17.7. The van der Waals surface area contributed by atoms with E-state index in [1.54, 1.807) is 29.9 Å². The molecular formula is C17H15N5O2S2. The fourth-order valence-electron chi connectivity index (χ4n) is 3.54. The van der Waals surface area contributed by atoms with Crippen molar-refractivity contribution in [3.63, 3.8) is 0 Å². The van der Waals surface area contributed by atoms with Crippen LogP contribution in [-0.2, 0) is 22.9 Å². The molecule has 3 aromatic heterocycles. The van der Waals surface area contributed by atoms with Gasteiger partial charge in [-0.1, -0.05) is 0 Å². The highest BCUT2D eigenvalue weighted by atomic mass is 32.2. The molecular weight excluding hydrogens is 370 g/mol. The van der Waals surface area contributed by atoms with Crippen molar-refractivity contribution in [2.75, 3.05) is 0 Å². The fourth-order valence-corrected chi connectivity index (χ4v) is 5.63. The minimum Gasteiger partial charge on any atom is -0.261 e. The lowest BCUT2D eigenvalue weighted by atomic mass is 9.88. The van der Waals surface area contributed by atoms with E-state index in [2.05, 4.69) is 24.9 Å². The van der Waals surface area contributed by atoms with E-state index in [1.165, 1.54) is 16.9 Å². The van der Waals surface area contributed by atoms with Gasteiger partial charge in [-0.05, 0) is 48.6 Å². The standard InChI is InChI=1S/C17H15N5O2S2/c23-26(24,12-2-4-15-16(6-12)25-9-19-15)22-11-1-3-13-10(5-11)7-18-17-14(13)8-20-21-17/h2,4,6-9,11,22H,1,3,5H2,(H,18,20,21). The summed E-state index contributed by atoms with van der Waals surface area (Å²) in [5, 5.41) is 7.95. The Hall–Kier alpha value is -2.36. The molecule has 0 bridgehead atoms. The van der Waals surface area contributed by atoms with Crippen molar-refractivity contribution in [1.82, 2.24) is 24.9 Å². The van der Waals surface area contributed by atoms with Crippen molar-refractivity contribution in [1.29, 1.82) is 0 Å². The van der Waals surface area contributed by atoms with Gasteiger partial charge in [0.25, 0.3) is 0 Å². The number of thiazole rings is 1. The molecule has 0 amide bonds. The fraction of sp³-hybridized carbons (Fsp3) is 0.235. The summed E-state index contributed by atoms with van der Waals surface area (Å²) in [6.07, 6.45) is 5.79. The predicted octanol–water partition coefficient (Wildman–Crippen LogP) is 2.40. The van der Waals surface area contributed by atoms with Crippen LogP contribution in [0.2, 0.25) is 0 Å². The van der Waals surface area contributed by atoms with Crippen LogP contribution in [0.3, 0.4) is 0 Å². The first-order valence-corrected chi connectivity index (χ1v) is 10.6. The number of aromatic nitrogens is 4. The summed E-state index contributed by atoms with van der Waals surface area (Å²) in [6, 6.07) is 4.90. The second-order valence-electron chi connectivity index (χ2n) is 6.44. The Balaban J connectivity index is 1.42. The molecule has 0 saturated heterocycles. The largest absolute Gasteiger partial charge is 0.261 e. The number of H-pyrrole nitrogens is 1. The Kier molecular flexibility index (Phi) is 3.56. The number of aryl methyl sites for hydroxylation is 1. The van der Waals surface area contributed by atoms with E-state index >= 15 is 0 Å². The van der Waals surface area contributed by atoms with Crippen molar-refractivity contribution >= 4 is 42.6 Å². The number of nitrogens with one attached hydrogen (secondary N) is 2.